The lowest BCUT2D eigenvalue weighted by atomic mass is 9.44. The molecule has 0 spiro atoms. The van der Waals surface area contributed by atoms with Gasteiger partial charge in [-0.15, -0.1) is 0 Å². The zero-order valence-electron chi connectivity index (χ0n) is 17.5. The fourth-order valence-corrected chi connectivity index (χ4v) is 7.81. The van der Waals surface area contributed by atoms with Gasteiger partial charge in [0.25, 0.3) is 0 Å². The SMILES string of the molecule is CC(=O)OCC(=O)[C@@]1(O)CC[C@H]2[C@@H]3CC[C@@H]4CC(=O)CC[C@]4(C)[C@H]3CC[C@@]21C. The molecule has 5 heteroatoms. The normalized spacial score (nSPS) is 47.6. The summed E-state index contributed by atoms with van der Waals surface area (Å²) in [6.07, 6.45) is 7.82. The van der Waals surface area contributed by atoms with Gasteiger partial charge in [0, 0.05) is 25.2 Å². The molecule has 4 aliphatic rings. The average Bonchev–Trinajstić information content (AvgIpc) is 2.92. The van der Waals surface area contributed by atoms with Crippen molar-refractivity contribution in [3.8, 4) is 0 Å². The van der Waals surface area contributed by atoms with Crippen molar-refractivity contribution in [2.45, 2.75) is 84.2 Å². The van der Waals surface area contributed by atoms with E-state index in [-0.39, 0.29) is 17.8 Å². The molecule has 0 aliphatic heterocycles. The standard InChI is InChI=1S/C23H34O5/c1-14(24)28-13-20(26)23(27)11-8-19-17-5-4-15-12-16(25)6-9-21(15,2)18(17)7-10-22(19,23)3/h15,17-19,27H,4-13H2,1-3H3/t15-,17-,18+,19+,21+,22+,23+/m1/s1. The van der Waals surface area contributed by atoms with Crippen LogP contribution in [0.15, 0.2) is 0 Å². The quantitative estimate of drug-likeness (QED) is 0.747. The van der Waals surface area contributed by atoms with Gasteiger partial charge in [-0.1, -0.05) is 13.8 Å². The van der Waals surface area contributed by atoms with Gasteiger partial charge in [0.05, 0.1) is 0 Å². The molecule has 4 saturated carbocycles. The van der Waals surface area contributed by atoms with E-state index < -0.39 is 17.0 Å². The molecule has 156 valence electrons. The molecule has 28 heavy (non-hydrogen) atoms. The molecule has 0 radical (unpaired) electrons. The molecule has 4 fully saturated rings. The minimum Gasteiger partial charge on any atom is -0.458 e. The second-order valence-corrected chi connectivity index (χ2v) is 10.5. The van der Waals surface area contributed by atoms with Gasteiger partial charge in [-0.2, -0.15) is 0 Å². The fraction of sp³-hybridized carbons (Fsp3) is 0.870. The first kappa shape index (κ1) is 20.1. The van der Waals surface area contributed by atoms with Gasteiger partial charge in [0.1, 0.15) is 11.4 Å². The first-order valence-corrected chi connectivity index (χ1v) is 11.0. The predicted molar refractivity (Wildman–Crippen MR) is 103 cm³/mol. The molecule has 0 unspecified atom stereocenters. The van der Waals surface area contributed by atoms with Crippen molar-refractivity contribution in [2.24, 2.45) is 34.5 Å². The van der Waals surface area contributed by atoms with E-state index in [0.717, 1.165) is 44.9 Å². The molecule has 4 aliphatic carbocycles. The van der Waals surface area contributed by atoms with E-state index in [1.807, 2.05) is 0 Å². The lowest BCUT2D eigenvalue weighted by molar-refractivity contribution is -0.175. The fourth-order valence-electron chi connectivity index (χ4n) is 7.81. The number of hydrogen-bond acceptors (Lipinski definition) is 5. The van der Waals surface area contributed by atoms with Gasteiger partial charge < -0.3 is 9.84 Å². The van der Waals surface area contributed by atoms with Crippen molar-refractivity contribution in [3.05, 3.63) is 0 Å². The Morgan fingerprint density at radius 2 is 1.79 bits per heavy atom. The van der Waals surface area contributed by atoms with Crippen LogP contribution in [0, 0.1) is 34.5 Å². The summed E-state index contributed by atoms with van der Waals surface area (Å²) in [5, 5.41) is 11.5. The Morgan fingerprint density at radius 1 is 1.07 bits per heavy atom. The highest BCUT2D eigenvalue weighted by atomic mass is 16.5. The third-order valence-corrected chi connectivity index (χ3v) is 9.50. The van der Waals surface area contributed by atoms with Crippen molar-refractivity contribution in [1.82, 2.24) is 0 Å². The third-order valence-electron chi connectivity index (χ3n) is 9.50. The van der Waals surface area contributed by atoms with Crippen LogP contribution >= 0.6 is 0 Å². The summed E-state index contributed by atoms with van der Waals surface area (Å²) in [7, 11) is 0. The van der Waals surface area contributed by atoms with E-state index in [4.69, 9.17) is 4.74 Å². The molecule has 0 aromatic heterocycles. The van der Waals surface area contributed by atoms with Crippen LogP contribution in [0.2, 0.25) is 0 Å². The second-order valence-electron chi connectivity index (χ2n) is 10.5. The van der Waals surface area contributed by atoms with Crippen molar-refractivity contribution in [2.75, 3.05) is 6.61 Å². The zero-order valence-corrected chi connectivity index (χ0v) is 17.5. The van der Waals surface area contributed by atoms with Crippen LogP contribution in [0.25, 0.3) is 0 Å². The van der Waals surface area contributed by atoms with Gasteiger partial charge in [0.2, 0.25) is 5.78 Å². The molecule has 0 aromatic rings. The summed E-state index contributed by atoms with van der Waals surface area (Å²) >= 11 is 0. The van der Waals surface area contributed by atoms with Gasteiger partial charge >= 0.3 is 5.97 Å². The van der Waals surface area contributed by atoms with E-state index in [1.54, 1.807) is 0 Å². The van der Waals surface area contributed by atoms with E-state index in [0.29, 0.717) is 42.3 Å². The maximum Gasteiger partial charge on any atom is 0.303 e. The molecule has 0 aromatic carbocycles. The Hall–Kier alpha value is -1.23. The van der Waals surface area contributed by atoms with Gasteiger partial charge in [-0.3, -0.25) is 14.4 Å². The molecule has 4 rings (SSSR count). The van der Waals surface area contributed by atoms with Crippen LogP contribution in [0.3, 0.4) is 0 Å². The van der Waals surface area contributed by atoms with Gasteiger partial charge in [-0.05, 0) is 74.0 Å². The lowest BCUT2D eigenvalue weighted by Gasteiger charge is -2.60. The molecule has 1 N–H and O–H groups in total. The highest BCUT2D eigenvalue weighted by Crippen LogP contribution is 2.68. The topological polar surface area (TPSA) is 80.7 Å². The van der Waals surface area contributed by atoms with Crippen molar-refractivity contribution in [3.63, 3.8) is 0 Å². The van der Waals surface area contributed by atoms with E-state index in [9.17, 15) is 19.5 Å². The maximum atomic E-state index is 12.9. The number of ether oxygens (including phenoxy) is 1. The number of carbonyl (C=O) groups excluding carboxylic acids is 3. The minimum absolute atomic E-state index is 0.223. The Bertz CT molecular complexity index is 701. The summed E-state index contributed by atoms with van der Waals surface area (Å²) in [6.45, 7) is 5.45. The van der Waals surface area contributed by atoms with E-state index in [1.165, 1.54) is 6.92 Å². The Kier molecular flexibility index (Phi) is 4.76. The minimum atomic E-state index is -1.39. The maximum absolute atomic E-state index is 12.9. The number of rotatable bonds is 3. The van der Waals surface area contributed by atoms with Gasteiger partial charge in [0.15, 0.2) is 6.61 Å². The number of carbonyl (C=O) groups is 3. The van der Waals surface area contributed by atoms with Crippen LogP contribution in [-0.2, 0) is 19.1 Å². The summed E-state index contributed by atoms with van der Waals surface area (Å²) in [5.74, 6) is 1.53. The number of Topliss-reactive ketones (excluding diaryl/α,β-unsaturated/α-hetero) is 2. The summed E-state index contributed by atoms with van der Waals surface area (Å²) in [5.41, 5.74) is -1.61. The second kappa shape index (κ2) is 6.65. The van der Waals surface area contributed by atoms with Gasteiger partial charge in [-0.25, -0.2) is 0 Å². The molecular formula is C23H34O5. The number of esters is 1. The summed E-state index contributed by atoms with van der Waals surface area (Å²) < 4.78 is 4.93. The van der Waals surface area contributed by atoms with Crippen LogP contribution in [0.1, 0.15) is 78.6 Å². The largest absolute Gasteiger partial charge is 0.458 e. The van der Waals surface area contributed by atoms with Crippen LogP contribution in [-0.4, -0.2) is 34.9 Å². The van der Waals surface area contributed by atoms with Crippen molar-refractivity contribution in [1.29, 1.82) is 0 Å². The Labute approximate surface area is 167 Å². The van der Waals surface area contributed by atoms with Crippen LogP contribution < -0.4 is 0 Å². The molecule has 5 nitrogen and oxygen atoms in total. The third kappa shape index (κ3) is 2.72. The van der Waals surface area contributed by atoms with E-state index >= 15 is 0 Å². The number of fused-ring (bicyclic) bond motifs is 5. The molecule has 0 bridgehead atoms. The first-order chi connectivity index (χ1) is 13.1. The highest BCUT2D eigenvalue weighted by molar-refractivity contribution is 5.91. The monoisotopic (exact) mass is 390 g/mol. The number of hydrogen-bond donors (Lipinski definition) is 1. The molecular weight excluding hydrogens is 356 g/mol. The average molecular weight is 391 g/mol. The van der Waals surface area contributed by atoms with Crippen molar-refractivity contribution < 1.29 is 24.2 Å². The molecule has 0 saturated heterocycles. The van der Waals surface area contributed by atoms with Crippen LogP contribution in [0.5, 0.6) is 0 Å². The predicted octanol–water partition coefficient (Wildman–Crippen LogP) is 3.46. The lowest BCUT2D eigenvalue weighted by Crippen LogP contribution is -2.59. The molecule has 0 heterocycles. The number of aliphatic hydroxyl groups is 1. The summed E-state index contributed by atoms with van der Waals surface area (Å²) in [4.78, 5) is 36.0. The highest BCUT2D eigenvalue weighted by Gasteiger charge is 2.66. The van der Waals surface area contributed by atoms with Crippen LogP contribution in [0.4, 0.5) is 0 Å². The van der Waals surface area contributed by atoms with Crippen molar-refractivity contribution >= 4 is 17.5 Å². The molecule has 0 amide bonds. The summed E-state index contributed by atoms with van der Waals surface area (Å²) in [6, 6.07) is 0. The molecule has 7 atom stereocenters. The smallest absolute Gasteiger partial charge is 0.303 e. The first-order valence-electron chi connectivity index (χ1n) is 11.0. The number of ketones is 2. The van der Waals surface area contributed by atoms with E-state index in [2.05, 4.69) is 13.8 Å². The Balaban J connectivity index is 1.57. The Morgan fingerprint density at radius 3 is 2.50 bits per heavy atom. The zero-order chi connectivity index (χ0) is 20.3.